The molecule has 1 aromatic heterocycles. The van der Waals surface area contributed by atoms with Gasteiger partial charge in [0, 0.05) is 11.4 Å². The van der Waals surface area contributed by atoms with E-state index in [0.29, 0.717) is 23.1 Å². The van der Waals surface area contributed by atoms with Crippen molar-refractivity contribution in [2.45, 2.75) is 23.5 Å². The minimum atomic E-state index is -0.206. The molecule has 18 heavy (non-hydrogen) atoms. The van der Waals surface area contributed by atoms with Gasteiger partial charge in [-0.2, -0.15) is 0 Å². The van der Waals surface area contributed by atoms with Crippen LogP contribution in [-0.2, 0) is 6.54 Å². The van der Waals surface area contributed by atoms with E-state index in [0.717, 1.165) is 4.90 Å². The quantitative estimate of drug-likeness (QED) is 0.815. The summed E-state index contributed by atoms with van der Waals surface area (Å²) >= 11 is 1.38. The molecule has 3 N–H and O–H groups in total. The largest absolute Gasteiger partial charge is 0.495 e. The average Bonchev–Trinajstić information content (AvgIpc) is 2.72. The van der Waals surface area contributed by atoms with Crippen LogP contribution in [0.2, 0.25) is 0 Å². The fraction of sp³-hybridized carbons (Fsp3) is 0.273. The summed E-state index contributed by atoms with van der Waals surface area (Å²) in [5.74, 6) is 0.612. The van der Waals surface area contributed by atoms with Gasteiger partial charge in [-0.15, -0.1) is 5.10 Å². The number of nitrogens with two attached hydrogens (primary N) is 1. The lowest BCUT2D eigenvalue weighted by Gasteiger charge is -2.07. The van der Waals surface area contributed by atoms with E-state index in [2.05, 4.69) is 10.2 Å². The number of benzene rings is 1. The van der Waals surface area contributed by atoms with E-state index in [1.165, 1.54) is 11.8 Å². The van der Waals surface area contributed by atoms with Crippen molar-refractivity contribution < 1.29 is 4.74 Å². The van der Waals surface area contributed by atoms with Crippen LogP contribution in [-0.4, -0.2) is 21.9 Å². The molecule has 0 fully saturated rings. The third-order valence-corrected chi connectivity index (χ3v) is 3.44. The lowest BCUT2D eigenvalue weighted by molar-refractivity contribution is 0.416. The molecule has 6 nitrogen and oxygen atoms in total. The van der Waals surface area contributed by atoms with Crippen molar-refractivity contribution in [1.82, 2.24) is 14.8 Å². The predicted molar refractivity (Wildman–Crippen MR) is 70.1 cm³/mol. The minimum Gasteiger partial charge on any atom is -0.495 e. The summed E-state index contributed by atoms with van der Waals surface area (Å²) in [5.41, 5.74) is 6.12. The number of nitrogen functional groups attached to an aromatic ring is 1. The highest BCUT2D eigenvalue weighted by Gasteiger charge is 2.09. The highest BCUT2D eigenvalue weighted by atomic mass is 32.2. The van der Waals surface area contributed by atoms with Gasteiger partial charge in [0.05, 0.1) is 12.8 Å². The number of nitrogens with one attached hydrogen (secondary N) is 1. The van der Waals surface area contributed by atoms with Crippen molar-refractivity contribution in [3.8, 4) is 5.75 Å². The minimum absolute atomic E-state index is 0.206. The molecule has 0 unspecified atom stereocenters. The van der Waals surface area contributed by atoms with Crippen LogP contribution in [0.1, 0.15) is 6.92 Å². The summed E-state index contributed by atoms with van der Waals surface area (Å²) in [4.78, 5) is 12.3. The highest BCUT2D eigenvalue weighted by Crippen LogP contribution is 2.31. The molecule has 1 aromatic carbocycles. The van der Waals surface area contributed by atoms with Gasteiger partial charge in [0.25, 0.3) is 0 Å². The van der Waals surface area contributed by atoms with Crippen molar-refractivity contribution in [1.29, 1.82) is 0 Å². The Kier molecular flexibility index (Phi) is 3.61. The second kappa shape index (κ2) is 5.18. The Morgan fingerprint density at radius 1 is 1.56 bits per heavy atom. The molecule has 0 atom stereocenters. The zero-order valence-electron chi connectivity index (χ0n) is 10.1. The first kappa shape index (κ1) is 12.6. The van der Waals surface area contributed by atoms with Crippen LogP contribution in [0.15, 0.2) is 33.0 Å². The molecule has 0 aliphatic heterocycles. The van der Waals surface area contributed by atoms with E-state index in [9.17, 15) is 4.79 Å². The van der Waals surface area contributed by atoms with Gasteiger partial charge in [-0.3, -0.25) is 4.57 Å². The van der Waals surface area contributed by atoms with Crippen molar-refractivity contribution in [2.75, 3.05) is 12.8 Å². The molecule has 0 amide bonds. The fourth-order valence-corrected chi connectivity index (χ4v) is 2.45. The fourth-order valence-electron chi connectivity index (χ4n) is 1.52. The molecule has 1 heterocycles. The van der Waals surface area contributed by atoms with E-state index in [4.69, 9.17) is 10.5 Å². The molecule has 0 saturated heterocycles. The van der Waals surface area contributed by atoms with Crippen LogP contribution < -0.4 is 16.2 Å². The molecule has 0 aliphatic rings. The number of rotatable bonds is 4. The van der Waals surface area contributed by atoms with Gasteiger partial charge in [0.1, 0.15) is 5.75 Å². The predicted octanol–water partition coefficient (Wildman–Crippen LogP) is 1.33. The number of hydrogen-bond acceptors (Lipinski definition) is 5. The molecular weight excluding hydrogens is 252 g/mol. The SMILES string of the molecule is CCn1c(Sc2ccc(N)c(OC)c2)n[nH]c1=O. The molecule has 2 rings (SSSR count). The summed E-state index contributed by atoms with van der Waals surface area (Å²) in [5, 5.41) is 7.02. The monoisotopic (exact) mass is 266 g/mol. The maximum absolute atomic E-state index is 11.4. The number of hydrogen-bond donors (Lipinski definition) is 2. The Labute approximate surface area is 108 Å². The zero-order chi connectivity index (χ0) is 13.1. The maximum Gasteiger partial charge on any atom is 0.343 e. The zero-order valence-corrected chi connectivity index (χ0v) is 11.0. The highest BCUT2D eigenvalue weighted by molar-refractivity contribution is 7.99. The number of H-pyrrole nitrogens is 1. The molecule has 96 valence electrons. The topological polar surface area (TPSA) is 85.9 Å². The van der Waals surface area contributed by atoms with E-state index < -0.39 is 0 Å². The van der Waals surface area contributed by atoms with Gasteiger partial charge in [-0.25, -0.2) is 9.89 Å². The lowest BCUT2D eigenvalue weighted by atomic mass is 10.3. The molecular formula is C11H14N4O2S. The van der Waals surface area contributed by atoms with E-state index in [-0.39, 0.29) is 5.69 Å². The van der Waals surface area contributed by atoms with E-state index in [1.54, 1.807) is 17.7 Å². The number of anilines is 1. The third kappa shape index (κ3) is 2.35. The second-order valence-corrected chi connectivity index (χ2v) is 4.60. The molecule has 0 spiro atoms. The van der Waals surface area contributed by atoms with Gasteiger partial charge in [0.2, 0.25) is 0 Å². The Morgan fingerprint density at radius 2 is 2.33 bits per heavy atom. The number of methoxy groups -OCH3 is 1. The maximum atomic E-state index is 11.4. The lowest BCUT2D eigenvalue weighted by Crippen LogP contribution is -2.15. The van der Waals surface area contributed by atoms with Gasteiger partial charge in [-0.05, 0) is 36.9 Å². The summed E-state index contributed by atoms with van der Waals surface area (Å²) in [7, 11) is 1.57. The molecule has 0 bridgehead atoms. The van der Waals surface area contributed by atoms with Crippen LogP contribution in [0.25, 0.3) is 0 Å². The van der Waals surface area contributed by atoms with Crippen molar-refractivity contribution in [3.05, 3.63) is 28.7 Å². The van der Waals surface area contributed by atoms with Crippen molar-refractivity contribution in [3.63, 3.8) is 0 Å². The molecule has 0 radical (unpaired) electrons. The van der Waals surface area contributed by atoms with Crippen LogP contribution in [0, 0.1) is 0 Å². The van der Waals surface area contributed by atoms with Crippen LogP contribution in [0.5, 0.6) is 5.75 Å². The summed E-state index contributed by atoms with van der Waals surface area (Å²) in [6.45, 7) is 2.47. The number of aromatic amines is 1. The Balaban J connectivity index is 2.31. The molecule has 0 aliphatic carbocycles. The normalized spacial score (nSPS) is 10.6. The van der Waals surface area contributed by atoms with Gasteiger partial charge in [0.15, 0.2) is 5.16 Å². The first-order valence-corrected chi connectivity index (χ1v) is 6.24. The first-order chi connectivity index (χ1) is 8.65. The number of nitrogens with zero attached hydrogens (tertiary/aromatic N) is 2. The standard InChI is InChI=1S/C11H14N4O2S/c1-3-15-10(16)13-14-11(15)18-7-4-5-8(12)9(6-7)17-2/h4-6H,3,12H2,1-2H3,(H,13,16). The Hall–Kier alpha value is -1.89. The summed E-state index contributed by atoms with van der Waals surface area (Å²) in [6.07, 6.45) is 0. The van der Waals surface area contributed by atoms with Crippen LogP contribution in [0.4, 0.5) is 5.69 Å². The number of ether oxygens (including phenoxy) is 1. The van der Waals surface area contributed by atoms with Gasteiger partial charge < -0.3 is 10.5 Å². The van der Waals surface area contributed by atoms with E-state index >= 15 is 0 Å². The first-order valence-electron chi connectivity index (χ1n) is 5.42. The Morgan fingerprint density at radius 3 is 3.00 bits per heavy atom. The smallest absolute Gasteiger partial charge is 0.343 e. The third-order valence-electron chi connectivity index (χ3n) is 2.45. The van der Waals surface area contributed by atoms with Crippen LogP contribution >= 0.6 is 11.8 Å². The average molecular weight is 266 g/mol. The summed E-state index contributed by atoms with van der Waals surface area (Å²) in [6, 6.07) is 5.45. The summed E-state index contributed by atoms with van der Waals surface area (Å²) < 4.78 is 6.71. The van der Waals surface area contributed by atoms with Crippen molar-refractivity contribution in [2.24, 2.45) is 0 Å². The second-order valence-electron chi connectivity index (χ2n) is 3.56. The molecule has 2 aromatic rings. The number of aromatic nitrogens is 3. The van der Waals surface area contributed by atoms with Gasteiger partial charge >= 0.3 is 5.69 Å². The van der Waals surface area contributed by atoms with E-state index in [1.807, 2.05) is 19.1 Å². The Bertz CT molecular complexity index is 605. The van der Waals surface area contributed by atoms with Crippen LogP contribution in [0.3, 0.4) is 0 Å². The van der Waals surface area contributed by atoms with Crippen molar-refractivity contribution >= 4 is 17.4 Å². The molecule has 0 saturated carbocycles. The van der Waals surface area contributed by atoms with Gasteiger partial charge in [-0.1, -0.05) is 0 Å². The molecule has 7 heteroatoms.